The largest absolute Gasteiger partial charge is 0.354 e. The molecule has 19 heavy (non-hydrogen) atoms. The molecule has 0 unspecified atom stereocenters. The molecule has 1 N–H and O–H groups in total. The van der Waals surface area contributed by atoms with Gasteiger partial charge in [-0.25, -0.2) is 9.97 Å². The van der Waals surface area contributed by atoms with Gasteiger partial charge in [0.25, 0.3) is 0 Å². The van der Waals surface area contributed by atoms with Crippen LogP contribution in [0.25, 0.3) is 0 Å². The molecule has 2 rings (SSSR count). The fraction of sp³-hybridized carbons (Fsp3) is 0.429. The van der Waals surface area contributed by atoms with Crippen molar-refractivity contribution in [3.63, 3.8) is 0 Å². The maximum atomic E-state index is 4.50. The Balaban J connectivity index is 1.93. The van der Waals surface area contributed by atoms with Gasteiger partial charge in [0, 0.05) is 31.2 Å². The summed E-state index contributed by atoms with van der Waals surface area (Å²) in [4.78, 5) is 10.9. The molecule has 4 nitrogen and oxygen atoms in total. The quantitative estimate of drug-likeness (QED) is 0.880. The van der Waals surface area contributed by atoms with E-state index in [1.807, 2.05) is 18.8 Å². The molecule has 2 aromatic heterocycles. The Morgan fingerprint density at radius 2 is 2.16 bits per heavy atom. The second kappa shape index (κ2) is 6.63. The molecule has 0 aliphatic heterocycles. The zero-order chi connectivity index (χ0) is 13.7. The Kier molecular flexibility index (Phi) is 4.87. The van der Waals surface area contributed by atoms with Gasteiger partial charge >= 0.3 is 0 Å². The van der Waals surface area contributed by atoms with Gasteiger partial charge in [-0.3, -0.25) is 0 Å². The third-order valence-electron chi connectivity index (χ3n) is 2.80. The maximum absolute atomic E-state index is 4.50. The summed E-state index contributed by atoms with van der Waals surface area (Å²) in [6.45, 7) is 5.94. The molecule has 2 aromatic rings. The highest BCUT2D eigenvalue weighted by atomic mass is 32.1. The summed E-state index contributed by atoms with van der Waals surface area (Å²) in [7, 11) is 2.04. The number of hydrogen-bond acceptors (Lipinski definition) is 5. The summed E-state index contributed by atoms with van der Waals surface area (Å²) in [5.41, 5.74) is 4.15. The number of hydrogen-bond donors (Lipinski definition) is 1. The lowest BCUT2D eigenvalue weighted by Crippen LogP contribution is -2.22. The van der Waals surface area contributed by atoms with E-state index in [-0.39, 0.29) is 0 Å². The Hall–Kier alpha value is -1.46. The molecule has 0 fully saturated rings. The molecule has 5 heteroatoms. The summed E-state index contributed by atoms with van der Waals surface area (Å²) in [6.07, 6.45) is 1.93. The molecule has 2 heterocycles. The second-order valence-electron chi connectivity index (χ2n) is 4.90. The maximum Gasteiger partial charge on any atom is 0.128 e. The summed E-state index contributed by atoms with van der Waals surface area (Å²) >= 11 is 1.62. The summed E-state index contributed by atoms with van der Waals surface area (Å²) < 4.78 is 0. The lowest BCUT2D eigenvalue weighted by molar-refractivity contribution is 0.588. The van der Waals surface area contributed by atoms with Crippen LogP contribution in [-0.2, 0) is 13.1 Å². The molecule has 0 aromatic carbocycles. The molecule has 102 valence electrons. The fourth-order valence-corrected chi connectivity index (χ4v) is 2.26. The van der Waals surface area contributed by atoms with Gasteiger partial charge in [0.15, 0.2) is 0 Å². The van der Waals surface area contributed by atoms with Crippen molar-refractivity contribution >= 4 is 17.2 Å². The Morgan fingerprint density at radius 1 is 1.32 bits per heavy atom. The highest BCUT2D eigenvalue weighted by Crippen LogP contribution is 2.13. The number of anilines is 1. The van der Waals surface area contributed by atoms with Gasteiger partial charge in [-0.15, -0.1) is 11.3 Å². The van der Waals surface area contributed by atoms with Crippen LogP contribution in [0.5, 0.6) is 0 Å². The van der Waals surface area contributed by atoms with E-state index in [1.54, 1.807) is 11.3 Å². The second-order valence-corrected chi connectivity index (χ2v) is 5.61. The third kappa shape index (κ3) is 4.29. The van der Waals surface area contributed by atoms with Gasteiger partial charge in [0.1, 0.15) is 5.82 Å². The monoisotopic (exact) mass is 276 g/mol. The predicted octanol–water partition coefficient (Wildman–Crippen LogP) is 2.67. The van der Waals surface area contributed by atoms with Crippen LogP contribution in [-0.4, -0.2) is 23.1 Å². The first-order valence-electron chi connectivity index (χ1n) is 6.41. The van der Waals surface area contributed by atoms with Gasteiger partial charge in [-0.1, -0.05) is 19.9 Å². The number of thiazole rings is 1. The molecule has 0 atom stereocenters. The van der Waals surface area contributed by atoms with Gasteiger partial charge in [-0.05, 0) is 11.6 Å². The highest BCUT2D eigenvalue weighted by molar-refractivity contribution is 7.07. The Labute approximate surface area is 118 Å². The molecule has 0 aliphatic carbocycles. The first kappa shape index (κ1) is 14.0. The fourth-order valence-electron chi connectivity index (χ4n) is 1.71. The van der Waals surface area contributed by atoms with E-state index in [4.69, 9.17) is 0 Å². The van der Waals surface area contributed by atoms with Gasteiger partial charge in [0.2, 0.25) is 0 Å². The SMILES string of the molecule is CC(C)NCc1ccc(N(C)Cc2cscn2)nc1. The van der Waals surface area contributed by atoms with Crippen molar-refractivity contribution in [2.75, 3.05) is 11.9 Å². The number of nitrogens with zero attached hydrogens (tertiary/aromatic N) is 3. The van der Waals surface area contributed by atoms with Crippen molar-refractivity contribution in [3.05, 3.63) is 40.5 Å². The smallest absolute Gasteiger partial charge is 0.128 e. The van der Waals surface area contributed by atoms with Crippen LogP contribution in [0.1, 0.15) is 25.1 Å². The van der Waals surface area contributed by atoms with Crippen molar-refractivity contribution in [2.24, 2.45) is 0 Å². The van der Waals surface area contributed by atoms with Crippen LogP contribution in [0.15, 0.2) is 29.2 Å². The van der Waals surface area contributed by atoms with Crippen molar-refractivity contribution in [2.45, 2.75) is 33.0 Å². The highest BCUT2D eigenvalue weighted by Gasteiger charge is 2.05. The van der Waals surface area contributed by atoms with Crippen molar-refractivity contribution in [3.8, 4) is 0 Å². The molecule has 0 spiro atoms. The minimum atomic E-state index is 0.493. The Bertz CT molecular complexity index is 479. The van der Waals surface area contributed by atoms with Crippen LogP contribution >= 0.6 is 11.3 Å². The van der Waals surface area contributed by atoms with E-state index in [1.165, 1.54) is 5.56 Å². The van der Waals surface area contributed by atoms with E-state index >= 15 is 0 Å². The summed E-state index contributed by atoms with van der Waals surface area (Å²) in [6, 6.07) is 4.67. The minimum Gasteiger partial charge on any atom is -0.354 e. The van der Waals surface area contributed by atoms with Crippen LogP contribution < -0.4 is 10.2 Å². The molecular weight excluding hydrogens is 256 g/mol. The lowest BCUT2D eigenvalue weighted by atomic mass is 10.2. The van der Waals surface area contributed by atoms with Crippen molar-refractivity contribution < 1.29 is 0 Å². The van der Waals surface area contributed by atoms with Crippen LogP contribution in [0, 0.1) is 0 Å². The topological polar surface area (TPSA) is 41.0 Å². The Morgan fingerprint density at radius 3 is 2.74 bits per heavy atom. The summed E-state index contributed by atoms with van der Waals surface area (Å²) in [5.74, 6) is 0.973. The molecule has 0 saturated heterocycles. The van der Waals surface area contributed by atoms with Crippen molar-refractivity contribution in [1.82, 2.24) is 15.3 Å². The zero-order valence-electron chi connectivity index (χ0n) is 11.6. The predicted molar refractivity (Wildman–Crippen MR) is 80.4 cm³/mol. The van der Waals surface area contributed by atoms with E-state index in [9.17, 15) is 0 Å². The van der Waals surface area contributed by atoms with Crippen molar-refractivity contribution in [1.29, 1.82) is 0 Å². The number of nitrogens with one attached hydrogen (secondary N) is 1. The average molecular weight is 276 g/mol. The molecule has 0 saturated carbocycles. The van der Waals surface area contributed by atoms with E-state index in [2.05, 4.69) is 51.5 Å². The molecule has 0 aliphatic rings. The minimum absolute atomic E-state index is 0.493. The number of rotatable bonds is 6. The molecule has 0 bridgehead atoms. The normalized spacial score (nSPS) is 10.9. The number of pyridine rings is 1. The van der Waals surface area contributed by atoms with Gasteiger partial charge < -0.3 is 10.2 Å². The standard InChI is InChI=1S/C14H20N4S/c1-11(2)15-6-12-4-5-14(16-7-12)18(3)8-13-9-19-10-17-13/h4-5,7,9-11,15H,6,8H2,1-3H3. The van der Waals surface area contributed by atoms with Crippen LogP contribution in [0.2, 0.25) is 0 Å². The van der Waals surface area contributed by atoms with Gasteiger partial charge in [0.05, 0.1) is 17.7 Å². The van der Waals surface area contributed by atoms with Crippen LogP contribution in [0.4, 0.5) is 5.82 Å². The van der Waals surface area contributed by atoms with E-state index < -0.39 is 0 Å². The zero-order valence-corrected chi connectivity index (χ0v) is 12.4. The van der Waals surface area contributed by atoms with E-state index in [0.29, 0.717) is 6.04 Å². The van der Waals surface area contributed by atoms with E-state index in [0.717, 1.165) is 24.6 Å². The first-order chi connectivity index (χ1) is 9.15. The molecule has 0 amide bonds. The molecular formula is C14H20N4S. The average Bonchev–Trinajstić information content (AvgIpc) is 2.89. The molecule has 0 radical (unpaired) electrons. The summed E-state index contributed by atoms with van der Waals surface area (Å²) in [5, 5.41) is 5.45. The number of aromatic nitrogens is 2. The van der Waals surface area contributed by atoms with Crippen LogP contribution in [0.3, 0.4) is 0 Å². The first-order valence-corrected chi connectivity index (χ1v) is 7.36. The lowest BCUT2D eigenvalue weighted by Gasteiger charge is -2.17. The third-order valence-corrected chi connectivity index (χ3v) is 3.43. The van der Waals surface area contributed by atoms with Gasteiger partial charge in [-0.2, -0.15) is 0 Å².